The fourth-order valence-corrected chi connectivity index (χ4v) is 2.79. The van der Waals surface area contributed by atoms with Crippen molar-refractivity contribution in [3.05, 3.63) is 83.2 Å². The highest BCUT2D eigenvalue weighted by Crippen LogP contribution is 2.25. The number of carbonyl (C=O) groups is 1. The van der Waals surface area contributed by atoms with Crippen molar-refractivity contribution in [1.29, 1.82) is 0 Å². The zero-order valence-electron chi connectivity index (χ0n) is 15.9. The van der Waals surface area contributed by atoms with Gasteiger partial charge in [-0.15, -0.1) is 0 Å². The number of ether oxygens (including phenoxy) is 1. The highest BCUT2D eigenvalue weighted by atomic mass is 16.5. The number of amides is 2. The van der Waals surface area contributed by atoms with Crippen molar-refractivity contribution < 1.29 is 14.6 Å². The van der Waals surface area contributed by atoms with Gasteiger partial charge in [-0.25, -0.2) is 4.79 Å². The van der Waals surface area contributed by atoms with Crippen LogP contribution in [0, 0.1) is 13.8 Å². The molecule has 2 amide bonds. The molecule has 1 aromatic heterocycles. The normalized spacial score (nSPS) is 10.4. The molecule has 0 atom stereocenters. The standard InChI is InChI=1S/C22H23N3O3/c1-15-3-5-20(18(11-15)14-26)25-22(27)24-13-17-4-6-21(16(2)12-17)28-19-7-9-23-10-8-19/h3-12,26H,13-14H2,1-2H3,(H2,24,25,27). The number of urea groups is 1. The van der Waals surface area contributed by atoms with Crippen LogP contribution in [0.5, 0.6) is 11.5 Å². The molecule has 6 heteroatoms. The van der Waals surface area contributed by atoms with Crippen LogP contribution in [-0.4, -0.2) is 16.1 Å². The molecule has 0 spiro atoms. The molecule has 0 aliphatic heterocycles. The molecule has 0 bridgehead atoms. The lowest BCUT2D eigenvalue weighted by Gasteiger charge is -2.13. The Morgan fingerprint density at radius 3 is 2.57 bits per heavy atom. The van der Waals surface area contributed by atoms with E-state index in [-0.39, 0.29) is 12.6 Å². The second-order valence-corrected chi connectivity index (χ2v) is 6.51. The molecule has 0 radical (unpaired) electrons. The van der Waals surface area contributed by atoms with E-state index in [1.807, 2.05) is 44.2 Å². The first-order chi connectivity index (χ1) is 13.5. The van der Waals surface area contributed by atoms with Crippen LogP contribution in [0.4, 0.5) is 10.5 Å². The van der Waals surface area contributed by atoms with Crippen molar-refractivity contribution in [1.82, 2.24) is 10.3 Å². The van der Waals surface area contributed by atoms with Gasteiger partial charge in [0.1, 0.15) is 11.5 Å². The summed E-state index contributed by atoms with van der Waals surface area (Å²) in [6.45, 7) is 4.14. The Hall–Kier alpha value is -3.38. The molecule has 6 nitrogen and oxygen atoms in total. The predicted molar refractivity (Wildman–Crippen MR) is 108 cm³/mol. The third-order valence-corrected chi connectivity index (χ3v) is 4.25. The van der Waals surface area contributed by atoms with E-state index in [1.165, 1.54) is 0 Å². The van der Waals surface area contributed by atoms with Gasteiger partial charge in [0.15, 0.2) is 0 Å². The number of hydrogen-bond acceptors (Lipinski definition) is 4. The van der Waals surface area contributed by atoms with Crippen LogP contribution < -0.4 is 15.4 Å². The molecule has 0 aliphatic rings. The molecule has 0 fully saturated rings. The van der Waals surface area contributed by atoms with Gasteiger partial charge in [-0.05, 0) is 49.2 Å². The van der Waals surface area contributed by atoms with Crippen molar-refractivity contribution in [2.75, 3.05) is 5.32 Å². The first-order valence-corrected chi connectivity index (χ1v) is 8.98. The average molecular weight is 377 g/mol. The SMILES string of the molecule is Cc1ccc(NC(=O)NCc2ccc(Oc3ccncc3)c(C)c2)c(CO)c1. The molecule has 28 heavy (non-hydrogen) atoms. The smallest absolute Gasteiger partial charge is 0.319 e. The molecule has 0 saturated carbocycles. The highest BCUT2D eigenvalue weighted by molar-refractivity contribution is 5.90. The summed E-state index contributed by atoms with van der Waals surface area (Å²) < 4.78 is 5.84. The fraction of sp³-hybridized carbons (Fsp3) is 0.182. The van der Waals surface area contributed by atoms with Gasteiger partial charge in [0.2, 0.25) is 0 Å². The molecule has 144 valence electrons. The molecule has 0 saturated heterocycles. The minimum Gasteiger partial charge on any atom is -0.457 e. The molecule has 3 rings (SSSR count). The van der Waals surface area contributed by atoms with E-state index in [0.717, 1.165) is 28.2 Å². The Kier molecular flexibility index (Phi) is 6.24. The van der Waals surface area contributed by atoms with Gasteiger partial charge in [-0.3, -0.25) is 4.98 Å². The number of rotatable bonds is 6. The monoisotopic (exact) mass is 377 g/mol. The van der Waals surface area contributed by atoms with Crippen LogP contribution in [0.15, 0.2) is 60.9 Å². The quantitative estimate of drug-likeness (QED) is 0.598. The zero-order chi connectivity index (χ0) is 19.9. The number of benzene rings is 2. The molecule has 0 aliphatic carbocycles. The number of aliphatic hydroxyl groups excluding tert-OH is 1. The maximum Gasteiger partial charge on any atom is 0.319 e. The molecule has 2 aromatic carbocycles. The van der Waals surface area contributed by atoms with E-state index in [1.54, 1.807) is 30.6 Å². The van der Waals surface area contributed by atoms with Gasteiger partial charge in [0.05, 0.1) is 6.61 Å². The number of aliphatic hydroxyl groups is 1. The first kappa shape index (κ1) is 19.4. The maximum absolute atomic E-state index is 12.2. The predicted octanol–water partition coefficient (Wildman–Crippen LogP) is 4.30. The molecule has 3 N–H and O–H groups in total. The third-order valence-electron chi connectivity index (χ3n) is 4.25. The lowest BCUT2D eigenvalue weighted by molar-refractivity contribution is 0.251. The molecule has 0 unspecified atom stereocenters. The van der Waals surface area contributed by atoms with Crippen molar-refractivity contribution in [2.24, 2.45) is 0 Å². The number of anilines is 1. The van der Waals surface area contributed by atoms with E-state index in [9.17, 15) is 9.90 Å². The van der Waals surface area contributed by atoms with Crippen molar-refractivity contribution >= 4 is 11.7 Å². The van der Waals surface area contributed by atoms with Crippen LogP contribution in [0.25, 0.3) is 0 Å². The Labute approximate surface area is 164 Å². The fourth-order valence-electron chi connectivity index (χ4n) is 2.79. The number of carbonyl (C=O) groups excluding carboxylic acids is 1. The van der Waals surface area contributed by atoms with Gasteiger partial charge in [-0.2, -0.15) is 0 Å². The van der Waals surface area contributed by atoms with Gasteiger partial charge in [0, 0.05) is 30.2 Å². The molecular formula is C22H23N3O3. The maximum atomic E-state index is 12.2. The average Bonchev–Trinajstić information content (AvgIpc) is 2.70. The number of pyridine rings is 1. The van der Waals surface area contributed by atoms with Gasteiger partial charge < -0.3 is 20.5 Å². The highest BCUT2D eigenvalue weighted by Gasteiger charge is 2.08. The summed E-state index contributed by atoms with van der Waals surface area (Å²) in [5.74, 6) is 1.48. The Morgan fingerprint density at radius 2 is 1.86 bits per heavy atom. The zero-order valence-corrected chi connectivity index (χ0v) is 15.9. The van der Waals surface area contributed by atoms with E-state index >= 15 is 0 Å². The number of nitrogens with one attached hydrogen (secondary N) is 2. The summed E-state index contributed by atoms with van der Waals surface area (Å²) in [5, 5.41) is 15.0. The van der Waals surface area contributed by atoms with Crippen LogP contribution in [0.2, 0.25) is 0 Å². The minimum absolute atomic E-state index is 0.130. The minimum atomic E-state index is -0.326. The van der Waals surface area contributed by atoms with Gasteiger partial charge in [-0.1, -0.05) is 29.8 Å². The second-order valence-electron chi connectivity index (χ2n) is 6.51. The van der Waals surface area contributed by atoms with Gasteiger partial charge >= 0.3 is 6.03 Å². The van der Waals surface area contributed by atoms with Crippen molar-refractivity contribution in [3.63, 3.8) is 0 Å². The van der Waals surface area contributed by atoms with Crippen molar-refractivity contribution in [2.45, 2.75) is 27.0 Å². The van der Waals surface area contributed by atoms with Crippen LogP contribution in [0.3, 0.4) is 0 Å². The van der Waals surface area contributed by atoms with Gasteiger partial charge in [0.25, 0.3) is 0 Å². The number of aryl methyl sites for hydroxylation is 2. The van der Waals surface area contributed by atoms with E-state index in [0.29, 0.717) is 17.8 Å². The Morgan fingerprint density at radius 1 is 1.07 bits per heavy atom. The summed E-state index contributed by atoms with van der Waals surface area (Å²) in [5.41, 5.74) is 4.24. The summed E-state index contributed by atoms with van der Waals surface area (Å²) >= 11 is 0. The summed E-state index contributed by atoms with van der Waals surface area (Å²) in [6.07, 6.45) is 3.36. The molecule has 1 heterocycles. The van der Waals surface area contributed by atoms with Crippen LogP contribution >= 0.6 is 0 Å². The number of nitrogens with zero attached hydrogens (tertiary/aromatic N) is 1. The molecule has 3 aromatic rings. The second kappa shape index (κ2) is 9.01. The number of aromatic nitrogens is 1. The van der Waals surface area contributed by atoms with E-state index < -0.39 is 0 Å². The number of hydrogen-bond donors (Lipinski definition) is 3. The Bertz CT molecular complexity index is 958. The van der Waals surface area contributed by atoms with E-state index in [2.05, 4.69) is 15.6 Å². The summed E-state index contributed by atoms with van der Waals surface area (Å²) in [4.78, 5) is 16.2. The lowest BCUT2D eigenvalue weighted by atomic mass is 10.1. The van der Waals surface area contributed by atoms with E-state index in [4.69, 9.17) is 4.74 Å². The largest absolute Gasteiger partial charge is 0.457 e. The topological polar surface area (TPSA) is 83.5 Å². The molecular weight excluding hydrogens is 354 g/mol. The van der Waals surface area contributed by atoms with Crippen LogP contribution in [-0.2, 0) is 13.2 Å². The summed E-state index contributed by atoms with van der Waals surface area (Å²) in [6, 6.07) is 14.6. The lowest BCUT2D eigenvalue weighted by Crippen LogP contribution is -2.28. The third kappa shape index (κ3) is 5.08. The van der Waals surface area contributed by atoms with Crippen LogP contribution in [0.1, 0.15) is 22.3 Å². The summed E-state index contributed by atoms with van der Waals surface area (Å²) in [7, 11) is 0. The first-order valence-electron chi connectivity index (χ1n) is 8.98. The Balaban J connectivity index is 1.58. The van der Waals surface area contributed by atoms with Crippen molar-refractivity contribution in [3.8, 4) is 11.5 Å².